The summed E-state index contributed by atoms with van der Waals surface area (Å²) in [7, 11) is -9.91. The van der Waals surface area contributed by atoms with Crippen molar-refractivity contribution in [3.05, 3.63) is 0 Å². The number of carbonyl (C=O) groups excluding carboxylic acids is 4. The Morgan fingerprint density at radius 3 is 0.747 bits per heavy atom. The molecule has 0 radical (unpaired) electrons. The molecule has 0 bridgehead atoms. The van der Waals surface area contributed by atoms with E-state index in [9.17, 15) is 43.2 Å². The first-order chi connectivity index (χ1) is 45.7. The topological polar surface area (TPSA) is 237 Å². The predicted molar refractivity (Wildman–Crippen MR) is 386 cm³/mol. The van der Waals surface area contributed by atoms with E-state index in [1.165, 1.54) is 180 Å². The van der Waals surface area contributed by atoms with Gasteiger partial charge in [-0.25, -0.2) is 9.13 Å². The van der Waals surface area contributed by atoms with E-state index in [0.717, 1.165) is 120 Å². The van der Waals surface area contributed by atoms with Gasteiger partial charge in [0.15, 0.2) is 12.2 Å². The summed E-state index contributed by atoms with van der Waals surface area (Å²) in [4.78, 5) is 72.8. The molecule has 0 amide bonds. The van der Waals surface area contributed by atoms with Crippen molar-refractivity contribution in [1.29, 1.82) is 0 Å². The molecule has 0 fully saturated rings. The van der Waals surface area contributed by atoms with Crippen molar-refractivity contribution in [1.82, 2.24) is 0 Å². The molecule has 95 heavy (non-hydrogen) atoms. The van der Waals surface area contributed by atoms with Crippen molar-refractivity contribution in [2.24, 2.45) is 23.7 Å². The Morgan fingerprint density at radius 1 is 0.295 bits per heavy atom. The zero-order chi connectivity index (χ0) is 70.3. The summed E-state index contributed by atoms with van der Waals surface area (Å²) in [5.74, 6) is 0.980. The molecule has 0 spiro atoms. The maximum atomic E-state index is 13.1. The maximum Gasteiger partial charge on any atom is 0.472 e. The lowest BCUT2D eigenvalue weighted by Crippen LogP contribution is -2.30. The molecule has 0 aromatic carbocycles. The number of aliphatic hydroxyl groups excluding tert-OH is 1. The van der Waals surface area contributed by atoms with Gasteiger partial charge < -0.3 is 33.8 Å². The minimum Gasteiger partial charge on any atom is -0.462 e. The molecule has 0 aliphatic heterocycles. The van der Waals surface area contributed by atoms with Gasteiger partial charge in [-0.15, -0.1) is 0 Å². The minimum atomic E-state index is -4.96. The summed E-state index contributed by atoms with van der Waals surface area (Å²) in [6.07, 6.45) is 49.8. The van der Waals surface area contributed by atoms with E-state index in [-0.39, 0.29) is 25.7 Å². The van der Waals surface area contributed by atoms with Gasteiger partial charge in [-0.05, 0) is 49.4 Å². The van der Waals surface area contributed by atoms with E-state index in [1.54, 1.807) is 0 Å². The monoisotopic (exact) mass is 1400 g/mol. The van der Waals surface area contributed by atoms with Crippen molar-refractivity contribution < 1.29 is 80.2 Å². The smallest absolute Gasteiger partial charge is 0.462 e. The van der Waals surface area contributed by atoms with Gasteiger partial charge >= 0.3 is 39.5 Å². The zero-order valence-corrected chi connectivity index (χ0v) is 64.1. The number of aliphatic hydroxyl groups is 1. The van der Waals surface area contributed by atoms with Crippen LogP contribution in [0.4, 0.5) is 0 Å². The van der Waals surface area contributed by atoms with Gasteiger partial charge in [0.2, 0.25) is 0 Å². The second-order valence-electron chi connectivity index (χ2n) is 28.8. The summed E-state index contributed by atoms with van der Waals surface area (Å²) >= 11 is 0. The van der Waals surface area contributed by atoms with E-state index >= 15 is 0 Å². The van der Waals surface area contributed by atoms with Crippen LogP contribution in [-0.4, -0.2) is 96.7 Å². The maximum absolute atomic E-state index is 13.1. The summed E-state index contributed by atoms with van der Waals surface area (Å²) in [5, 5.41) is 10.6. The molecule has 0 aliphatic carbocycles. The molecule has 0 heterocycles. The van der Waals surface area contributed by atoms with Crippen molar-refractivity contribution in [2.45, 2.75) is 401 Å². The van der Waals surface area contributed by atoms with E-state index in [4.69, 9.17) is 37.0 Å². The molecule has 564 valence electrons. The SMILES string of the molecule is CCC(C)CCCCCCCCCCCCC(=O)OC[C@H](COP(=O)(O)OC[C@@H](O)COP(=O)(O)OC[C@@H](COC(=O)CCCCCCCCC(C)CC)OC(=O)CCCCCCCCCCCCCC(C)C)OC(=O)CCCCCCCCCCCCCCCCC(C)C. The van der Waals surface area contributed by atoms with Crippen LogP contribution in [-0.2, 0) is 65.4 Å². The Morgan fingerprint density at radius 2 is 0.505 bits per heavy atom. The number of carbonyl (C=O) groups is 4. The van der Waals surface area contributed by atoms with Crippen LogP contribution in [0.5, 0.6) is 0 Å². The fraction of sp³-hybridized carbons (Fsp3) is 0.947. The van der Waals surface area contributed by atoms with E-state index in [0.29, 0.717) is 25.7 Å². The number of unbranched alkanes of at least 4 members (excludes halogenated alkanes) is 37. The number of phosphoric acid groups is 2. The second kappa shape index (κ2) is 65.4. The Balaban J connectivity index is 5.27. The van der Waals surface area contributed by atoms with Crippen LogP contribution in [0, 0.1) is 23.7 Å². The fourth-order valence-electron chi connectivity index (χ4n) is 11.5. The van der Waals surface area contributed by atoms with E-state index in [2.05, 4.69) is 55.4 Å². The molecule has 0 saturated heterocycles. The highest BCUT2D eigenvalue weighted by Gasteiger charge is 2.30. The predicted octanol–water partition coefficient (Wildman–Crippen LogP) is 22.0. The van der Waals surface area contributed by atoms with Crippen molar-refractivity contribution in [2.75, 3.05) is 39.6 Å². The molecule has 0 aliphatic rings. The van der Waals surface area contributed by atoms with Crippen LogP contribution >= 0.6 is 15.6 Å². The van der Waals surface area contributed by atoms with Gasteiger partial charge in [0.25, 0.3) is 0 Å². The zero-order valence-electron chi connectivity index (χ0n) is 62.3. The normalized spacial score (nSPS) is 14.7. The quantitative estimate of drug-likeness (QED) is 0.0222. The molecule has 3 N–H and O–H groups in total. The average molecular weight is 1400 g/mol. The first kappa shape index (κ1) is 93.1. The van der Waals surface area contributed by atoms with Crippen molar-refractivity contribution >= 4 is 39.5 Å². The summed E-state index contributed by atoms with van der Waals surface area (Å²) < 4.78 is 68.5. The Bertz CT molecular complexity index is 1870. The first-order valence-electron chi connectivity index (χ1n) is 39.3. The molecule has 19 heteroatoms. The fourth-order valence-corrected chi connectivity index (χ4v) is 13.1. The molecule has 0 saturated carbocycles. The number of phosphoric ester groups is 2. The van der Waals surface area contributed by atoms with E-state index < -0.39 is 97.5 Å². The van der Waals surface area contributed by atoms with Crippen LogP contribution in [0.2, 0.25) is 0 Å². The summed E-state index contributed by atoms with van der Waals surface area (Å²) in [6, 6.07) is 0. The summed E-state index contributed by atoms with van der Waals surface area (Å²) in [6.45, 7) is 14.2. The molecular formula is C76H148O17P2. The third-order valence-electron chi connectivity index (χ3n) is 18.3. The van der Waals surface area contributed by atoms with Crippen LogP contribution in [0.25, 0.3) is 0 Å². The van der Waals surface area contributed by atoms with Crippen molar-refractivity contribution in [3.8, 4) is 0 Å². The van der Waals surface area contributed by atoms with Gasteiger partial charge in [-0.2, -0.15) is 0 Å². The summed E-state index contributed by atoms with van der Waals surface area (Å²) in [5.41, 5.74) is 0. The van der Waals surface area contributed by atoms with Gasteiger partial charge in [-0.1, -0.05) is 331 Å². The lowest BCUT2D eigenvalue weighted by atomic mass is 9.99. The standard InChI is InChI=1S/C76H148O17P2/c1-9-68(7)54-46-38-30-24-20-21-25-31-40-48-56-73(78)86-62-71(92-75(80)58-50-42-32-26-18-14-12-11-13-16-22-28-36-44-52-66(3)4)64-90-94(82,83)88-60-70(77)61-89-95(84,85)91-65-72(63-87-74(79)57-49-41-35-34-39-47-55-69(8)10-2)93-76(81)59-51-43-33-27-19-15-17-23-29-37-45-53-67(5)6/h66-72,77H,9-65H2,1-8H3,(H,82,83)(H,84,85)/t68?,69?,70-,71-,72-/m1/s1. The lowest BCUT2D eigenvalue weighted by molar-refractivity contribution is -0.161. The Kier molecular flexibility index (Phi) is 64.0. The molecule has 0 aromatic heterocycles. The third-order valence-corrected chi connectivity index (χ3v) is 20.2. The number of ether oxygens (including phenoxy) is 4. The van der Waals surface area contributed by atoms with Gasteiger partial charge in [0, 0.05) is 25.7 Å². The van der Waals surface area contributed by atoms with Crippen molar-refractivity contribution in [3.63, 3.8) is 0 Å². The highest BCUT2D eigenvalue weighted by Crippen LogP contribution is 2.45. The number of esters is 4. The Labute approximate surface area is 581 Å². The van der Waals surface area contributed by atoms with E-state index in [1.807, 2.05) is 0 Å². The van der Waals surface area contributed by atoms with Gasteiger partial charge in [0.1, 0.15) is 19.3 Å². The van der Waals surface area contributed by atoms with Crippen LogP contribution in [0.3, 0.4) is 0 Å². The molecule has 4 unspecified atom stereocenters. The minimum absolute atomic E-state index is 0.105. The highest BCUT2D eigenvalue weighted by atomic mass is 31.2. The molecule has 7 atom stereocenters. The molecular weight excluding hydrogens is 1250 g/mol. The Hall–Kier alpha value is -1.94. The molecule has 0 aromatic rings. The molecule has 17 nitrogen and oxygen atoms in total. The number of rotatable bonds is 73. The van der Waals surface area contributed by atoms with Crippen LogP contribution < -0.4 is 0 Å². The van der Waals surface area contributed by atoms with Gasteiger partial charge in [0.05, 0.1) is 26.4 Å². The third kappa shape index (κ3) is 67.6. The van der Waals surface area contributed by atoms with Gasteiger partial charge in [-0.3, -0.25) is 37.3 Å². The second-order valence-corrected chi connectivity index (χ2v) is 31.7. The number of hydrogen-bond acceptors (Lipinski definition) is 15. The van der Waals surface area contributed by atoms with Crippen LogP contribution in [0.15, 0.2) is 0 Å². The highest BCUT2D eigenvalue weighted by molar-refractivity contribution is 7.47. The number of hydrogen-bond donors (Lipinski definition) is 3. The first-order valence-corrected chi connectivity index (χ1v) is 42.3. The lowest BCUT2D eigenvalue weighted by Gasteiger charge is -2.21. The van der Waals surface area contributed by atoms with Crippen LogP contribution in [0.1, 0.15) is 383 Å². The largest absolute Gasteiger partial charge is 0.472 e. The molecule has 0 rings (SSSR count). The average Bonchev–Trinajstić information content (AvgIpc) is 2.00.